The molecule has 0 unspecified atom stereocenters. The smallest absolute Gasteiger partial charge is 0.274 e. The number of nitro benzene ring substituents is 1. The van der Waals surface area contributed by atoms with Gasteiger partial charge in [-0.3, -0.25) is 14.9 Å². The fraction of sp³-hybridized carbons (Fsp3) is 0.316. The van der Waals surface area contributed by atoms with Crippen LogP contribution in [0.1, 0.15) is 36.5 Å². The molecule has 0 bridgehead atoms. The van der Waals surface area contributed by atoms with E-state index >= 15 is 0 Å². The molecule has 2 aromatic carbocycles. The minimum Gasteiger partial charge on any atom is -0.483 e. The van der Waals surface area contributed by atoms with Crippen molar-refractivity contribution in [2.75, 3.05) is 11.9 Å². The Bertz CT molecular complexity index is 800. The van der Waals surface area contributed by atoms with Crippen LogP contribution in [0.4, 0.5) is 11.4 Å². The highest BCUT2D eigenvalue weighted by Crippen LogP contribution is 2.26. The van der Waals surface area contributed by atoms with E-state index in [9.17, 15) is 14.9 Å². The Morgan fingerprint density at radius 3 is 2.60 bits per heavy atom. The predicted octanol–water partition coefficient (Wildman–Crippen LogP) is 4.35. The van der Waals surface area contributed by atoms with Crippen molar-refractivity contribution in [3.8, 4) is 5.75 Å². The van der Waals surface area contributed by atoms with Crippen LogP contribution in [0.25, 0.3) is 0 Å². The van der Waals surface area contributed by atoms with Gasteiger partial charge in [0.05, 0.1) is 16.2 Å². The molecule has 6 heteroatoms. The molecule has 0 heterocycles. The van der Waals surface area contributed by atoms with Gasteiger partial charge in [0.15, 0.2) is 6.61 Å². The van der Waals surface area contributed by atoms with Crippen molar-refractivity contribution in [3.63, 3.8) is 0 Å². The molecule has 1 amide bonds. The number of carbonyl (C=O) groups is 1. The number of hydrogen-bond donors (Lipinski definition) is 1. The molecular weight excluding hydrogens is 320 g/mol. The van der Waals surface area contributed by atoms with E-state index < -0.39 is 4.92 Å². The lowest BCUT2D eigenvalue weighted by Gasteiger charge is -2.13. The number of carbonyl (C=O) groups excluding carboxylic acids is 1. The summed E-state index contributed by atoms with van der Waals surface area (Å²) in [7, 11) is 0. The molecule has 132 valence electrons. The maximum atomic E-state index is 12.1. The summed E-state index contributed by atoms with van der Waals surface area (Å²) >= 11 is 0. The lowest BCUT2D eigenvalue weighted by Crippen LogP contribution is -2.21. The van der Waals surface area contributed by atoms with Crippen LogP contribution < -0.4 is 10.1 Å². The first kappa shape index (κ1) is 18.4. The molecule has 0 aromatic heterocycles. The lowest BCUT2D eigenvalue weighted by atomic mass is 10.0. The highest BCUT2D eigenvalue weighted by Gasteiger charge is 2.15. The molecule has 0 spiro atoms. The summed E-state index contributed by atoms with van der Waals surface area (Å²) in [6, 6.07) is 10.5. The molecular formula is C19H22N2O4. The number of benzene rings is 2. The predicted molar refractivity (Wildman–Crippen MR) is 97.2 cm³/mol. The summed E-state index contributed by atoms with van der Waals surface area (Å²) in [5.41, 5.74) is 2.88. The molecule has 0 aliphatic carbocycles. The zero-order valence-corrected chi connectivity index (χ0v) is 14.8. The van der Waals surface area contributed by atoms with E-state index in [1.807, 2.05) is 25.1 Å². The number of nitro groups is 1. The van der Waals surface area contributed by atoms with E-state index in [4.69, 9.17) is 4.74 Å². The van der Waals surface area contributed by atoms with Crippen LogP contribution in [0.2, 0.25) is 0 Å². The van der Waals surface area contributed by atoms with E-state index in [0.717, 1.165) is 11.1 Å². The van der Waals surface area contributed by atoms with Gasteiger partial charge in [0, 0.05) is 6.07 Å². The van der Waals surface area contributed by atoms with Crippen LogP contribution in [-0.4, -0.2) is 17.4 Å². The van der Waals surface area contributed by atoms with E-state index in [-0.39, 0.29) is 18.2 Å². The molecule has 1 N–H and O–H groups in total. The molecule has 2 rings (SSSR count). The Kier molecular flexibility index (Phi) is 5.75. The average Bonchev–Trinajstić information content (AvgIpc) is 2.55. The van der Waals surface area contributed by atoms with Crippen LogP contribution in [0.15, 0.2) is 36.4 Å². The third-order valence-electron chi connectivity index (χ3n) is 4.01. The van der Waals surface area contributed by atoms with Crippen molar-refractivity contribution >= 4 is 17.3 Å². The summed E-state index contributed by atoms with van der Waals surface area (Å²) < 4.78 is 5.63. The number of aryl methyl sites for hydroxylation is 1. The highest BCUT2D eigenvalue weighted by molar-refractivity contribution is 5.93. The van der Waals surface area contributed by atoms with Gasteiger partial charge in [0.25, 0.3) is 11.6 Å². The zero-order valence-electron chi connectivity index (χ0n) is 14.8. The van der Waals surface area contributed by atoms with Gasteiger partial charge in [-0.2, -0.15) is 0 Å². The minimum atomic E-state index is -0.470. The van der Waals surface area contributed by atoms with Crippen molar-refractivity contribution in [1.29, 1.82) is 0 Å². The number of amides is 1. The first-order chi connectivity index (χ1) is 11.8. The van der Waals surface area contributed by atoms with Gasteiger partial charge in [-0.05, 0) is 43.0 Å². The number of nitrogens with one attached hydrogen (secondary N) is 1. The van der Waals surface area contributed by atoms with Gasteiger partial charge in [-0.25, -0.2) is 0 Å². The molecule has 0 aliphatic rings. The largest absolute Gasteiger partial charge is 0.483 e. The van der Waals surface area contributed by atoms with Crippen molar-refractivity contribution in [2.24, 2.45) is 0 Å². The Morgan fingerprint density at radius 2 is 1.96 bits per heavy atom. The lowest BCUT2D eigenvalue weighted by molar-refractivity contribution is -0.385. The Hall–Kier alpha value is -2.89. The average molecular weight is 342 g/mol. The Labute approximate surface area is 147 Å². The monoisotopic (exact) mass is 342 g/mol. The van der Waals surface area contributed by atoms with Crippen LogP contribution in [-0.2, 0) is 4.79 Å². The van der Waals surface area contributed by atoms with Gasteiger partial charge < -0.3 is 10.1 Å². The fourth-order valence-electron chi connectivity index (χ4n) is 2.42. The topological polar surface area (TPSA) is 81.5 Å². The fourth-order valence-corrected chi connectivity index (χ4v) is 2.42. The van der Waals surface area contributed by atoms with E-state index in [2.05, 4.69) is 19.2 Å². The van der Waals surface area contributed by atoms with Crippen LogP contribution >= 0.6 is 0 Å². The van der Waals surface area contributed by atoms with Gasteiger partial charge >= 0.3 is 0 Å². The Balaban J connectivity index is 2.06. The van der Waals surface area contributed by atoms with Crippen molar-refractivity contribution in [2.45, 2.75) is 33.6 Å². The van der Waals surface area contributed by atoms with Gasteiger partial charge in [-0.1, -0.05) is 32.0 Å². The molecule has 6 nitrogen and oxygen atoms in total. The number of ether oxygens (including phenoxy) is 1. The molecule has 0 saturated heterocycles. The standard InChI is InChI=1S/C19H22N2O4/c1-12(2)15-9-8-13(3)18(10-15)25-11-19(22)20-16-6-5-7-17(14(16)4)21(23)24/h5-10,12H,11H2,1-4H3,(H,20,22). The number of anilines is 1. The second-order valence-electron chi connectivity index (χ2n) is 6.22. The SMILES string of the molecule is Cc1ccc(C(C)C)cc1OCC(=O)Nc1cccc([N+](=O)[O-])c1C. The maximum Gasteiger partial charge on any atom is 0.274 e. The molecule has 25 heavy (non-hydrogen) atoms. The summed E-state index contributed by atoms with van der Waals surface area (Å²) in [5.74, 6) is 0.666. The van der Waals surface area contributed by atoms with Crippen LogP contribution in [0.3, 0.4) is 0 Å². The number of rotatable bonds is 6. The van der Waals surface area contributed by atoms with Crippen LogP contribution in [0, 0.1) is 24.0 Å². The summed E-state index contributed by atoms with van der Waals surface area (Å²) in [6.45, 7) is 7.54. The molecule has 0 fully saturated rings. The third kappa shape index (κ3) is 4.56. The van der Waals surface area contributed by atoms with Gasteiger partial charge in [-0.15, -0.1) is 0 Å². The Morgan fingerprint density at radius 1 is 1.24 bits per heavy atom. The van der Waals surface area contributed by atoms with E-state index in [1.165, 1.54) is 12.1 Å². The first-order valence-electron chi connectivity index (χ1n) is 8.06. The highest BCUT2D eigenvalue weighted by atomic mass is 16.6. The summed E-state index contributed by atoms with van der Waals surface area (Å²) in [6.07, 6.45) is 0. The van der Waals surface area contributed by atoms with Gasteiger partial charge in [0.2, 0.25) is 0 Å². The van der Waals surface area contributed by atoms with Crippen molar-refractivity contribution in [3.05, 3.63) is 63.2 Å². The van der Waals surface area contributed by atoms with Crippen molar-refractivity contribution < 1.29 is 14.5 Å². The zero-order chi connectivity index (χ0) is 18.6. The number of hydrogen-bond acceptors (Lipinski definition) is 4. The third-order valence-corrected chi connectivity index (χ3v) is 4.01. The normalized spacial score (nSPS) is 10.6. The second kappa shape index (κ2) is 7.79. The molecule has 0 radical (unpaired) electrons. The quantitative estimate of drug-likeness (QED) is 0.625. The van der Waals surface area contributed by atoms with E-state index in [0.29, 0.717) is 22.9 Å². The number of nitrogens with zero attached hydrogens (tertiary/aromatic N) is 1. The van der Waals surface area contributed by atoms with E-state index in [1.54, 1.807) is 13.0 Å². The molecule has 0 aliphatic heterocycles. The van der Waals surface area contributed by atoms with Gasteiger partial charge in [0.1, 0.15) is 5.75 Å². The molecule has 0 atom stereocenters. The summed E-state index contributed by atoms with van der Waals surface area (Å²) in [4.78, 5) is 22.6. The summed E-state index contributed by atoms with van der Waals surface area (Å²) in [5, 5.41) is 13.6. The van der Waals surface area contributed by atoms with Crippen LogP contribution in [0.5, 0.6) is 5.75 Å². The molecule has 0 saturated carbocycles. The molecule has 2 aromatic rings. The first-order valence-corrected chi connectivity index (χ1v) is 8.06. The minimum absolute atomic E-state index is 0.0285. The van der Waals surface area contributed by atoms with Crippen molar-refractivity contribution in [1.82, 2.24) is 0 Å². The maximum absolute atomic E-state index is 12.1. The second-order valence-corrected chi connectivity index (χ2v) is 6.22.